The van der Waals surface area contributed by atoms with Gasteiger partial charge in [-0.05, 0) is 18.8 Å². The fourth-order valence-corrected chi connectivity index (χ4v) is 2.42. The van der Waals surface area contributed by atoms with Crippen molar-refractivity contribution in [2.45, 2.75) is 57.8 Å². The molecule has 13 heavy (non-hydrogen) atoms. The van der Waals surface area contributed by atoms with E-state index in [1.54, 1.807) is 0 Å². The van der Waals surface area contributed by atoms with Crippen LogP contribution in [0.15, 0.2) is 0 Å². The highest BCUT2D eigenvalue weighted by molar-refractivity contribution is 5.83. The summed E-state index contributed by atoms with van der Waals surface area (Å²) >= 11 is 0. The van der Waals surface area contributed by atoms with E-state index in [9.17, 15) is 4.79 Å². The lowest BCUT2D eigenvalue weighted by molar-refractivity contribution is -0.121. The topological polar surface area (TPSA) is 17.1 Å². The van der Waals surface area contributed by atoms with Gasteiger partial charge >= 0.3 is 0 Å². The van der Waals surface area contributed by atoms with Crippen LogP contribution < -0.4 is 0 Å². The molecule has 0 saturated heterocycles. The Morgan fingerprint density at radius 1 is 0.923 bits per heavy atom. The van der Waals surface area contributed by atoms with Crippen LogP contribution in [0.5, 0.6) is 0 Å². The SMILES string of the molecule is O=C(CC1CCCCCC1)C1CC1. The van der Waals surface area contributed by atoms with Crippen molar-refractivity contribution in [1.29, 1.82) is 0 Å². The molecule has 0 amide bonds. The van der Waals surface area contributed by atoms with Crippen LogP contribution in [0.2, 0.25) is 0 Å². The van der Waals surface area contributed by atoms with E-state index in [-0.39, 0.29) is 0 Å². The molecule has 2 rings (SSSR count). The lowest BCUT2D eigenvalue weighted by Crippen LogP contribution is -2.09. The molecule has 2 fully saturated rings. The summed E-state index contributed by atoms with van der Waals surface area (Å²) in [6, 6.07) is 0. The van der Waals surface area contributed by atoms with E-state index in [1.165, 1.54) is 51.4 Å². The van der Waals surface area contributed by atoms with E-state index in [0.717, 1.165) is 12.3 Å². The number of rotatable bonds is 3. The summed E-state index contributed by atoms with van der Waals surface area (Å²) in [5, 5.41) is 0. The van der Waals surface area contributed by atoms with Gasteiger partial charge in [0.25, 0.3) is 0 Å². The predicted molar refractivity (Wildman–Crippen MR) is 53.5 cm³/mol. The van der Waals surface area contributed by atoms with Crippen LogP contribution in [0.25, 0.3) is 0 Å². The van der Waals surface area contributed by atoms with Crippen molar-refractivity contribution in [3.63, 3.8) is 0 Å². The Hall–Kier alpha value is -0.330. The second kappa shape index (κ2) is 4.26. The highest BCUT2D eigenvalue weighted by Gasteiger charge is 2.30. The number of ketones is 1. The van der Waals surface area contributed by atoms with E-state index < -0.39 is 0 Å². The van der Waals surface area contributed by atoms with Gasteiger partial charge in [-0.1, -0.05) is 38.5 Å². The molecule has 1 nitrogen and oxygen atoms in total. The summed E-state index contributed by atoms with van der Waals surface area (Å²) in [5.74, 6) is 1.81. The predicted octanol–water partition coefficient (Wildman–Crippen LogP) is 3.33. The third-order valence-electron chi connectivity index (χ3n) is 3.50. The van der Waals surface area contributed by atoms with E-state index in [4.69, 9.17) is 0 Å². The van der Waals surface area contributed by atoms with Gasteiger partial charge in [0, 0.05) is 12.3 Å². The fourth-order valence-electron chi connectivity index (χ4n) is 2.42. The monoisotopic (exact) mass is 180 g/mol. The van der Waals surface area contributed by atoms with Gasteiger partial charge in [0.1, 0.15) is 5.78 Å². The molecule has 0 N–H and O–H groups in total. The Bertz CT molecular complexity index is 174. The van der Waals surface area contributed by atoms with Crippen LogP contribution in [-0.2, 0) is 4.79 Å². The average molecular weight is 180 g/mol. The first-order valence-electron chi connectivity index (χ1n) is 5.89. The van der Waals surface area contributed by atoms with Crippen LogP contribution >= 0.6 is 0 Å². The van der Waals surface area contributed by atoms with Crippen LogP contribution in [0.3, 0.4) is 0 Å². The van der Waals surface area contributed by atoms with Crippen LogP contribution in [0.4, 0.5) is 0 Å². The van der Waals surface area contributed by atoms with Gasteiger partial charge < -0.3 is 0 Å². The summed E-state index contributed by atoms with van der Waals surface area (Å²) < 4.78 is 0. The van der Waals surface area contributed by atoms with E-state index in [1.807, 2.05) is 0 Å². The minimum absolute atomic E-state index is 0.489. The molecule has 0 atom stereocenters. The van der Waals surface area contributed by atoms with Gasteiger partial charge in [-0.3, -0.25) is 4.79 Å². The number of hydrogen-bond acceptors (Lipinski definition) is 1. The summed E-state index contributed by atoms with van der Waals surface area (Å²) in [6.07, 6.45) is 11.4. The zero-order valence-electron chi connectivity index (χ0n) is 8.43. The van der Waals surface area contributed by atoms with Crippen molar-refractivity contribution in [3.05, 3.63) is 0 Å². The first-order chi connectivity index (χ1) is 6.36. The number of Topliss-reactive ketones (excluding diaryl/α,β-unsaturated/α-hetero) is 1. The Balaban J connectivity index is 1.74. The molecule has 0 aromatic heterocycles. The van der Waals surface area contributed by atoms with Crippen molar-refractivity contribution < 1.29 is 4.79 Å². The summed E-state index contributed by atoms with van der Waals surface area (Å²) in [7, 11) is 0. The Morgan fingerprint density at radius 2 is 1.54 bits per heavy atom. The van der Waals surface area contributed by atoms with Crippen LogP contribution in [-0.4, -0.2) is 5.78 Å². The molecule has 0 radical (unpaired) electrons. The minimum atomic E-state index is 0.489. The second-order valence-electron chi connectivity index (χ2n) is 4.80. The Labute approximate surface area is 80.9 Å². The maximum Gasteiger partial charge on any atom is 0.136 e. The Morgan fingerprint density at radius 3 is 2.08 bits per heavy atom. The molecule has 0 heterocycles. The van der Waals surface area contributed by atoms with Gasteiger partial charge in [0.05, 0.1) is 0 Å². The maximum atomic E-state index is 11.6. The van der Waals surface area contributed by atoms with Crippen LogP contribution in [0, 0.1) is 11.8 Å². The molecule has 0 aromatic carbocycles. The van der Waals surface area contributed by atoms with E-state index >= 15 is 0 Å². The van der Waals surface area contributed by atoms with E-state index in [2.05, 4.69) is 0 Å². The molecule has 0 spiro atoms. The highest BCUT2D eigenvalue weighted by atomic mass is 16.1. The van der Waals surface area contributed by atoms with Crippen molar-refractivity contribution in [1.82, 2.24) is 0 Å². The third-order valence-corrected chi connectivity index (χ3v) is 3.50. The number of hydrogen-bond donors (Lipinski definition) is 0. The molecule has 1 heteroatoms. The van der Waals surface area contributed by atoms with Crippen molar-refractivity contribution in [3.8, 4) is 0 Å². The quantitative estimate of drug-likeness (QED) is 0.609. The van der Waals surface area contributed by atoms with Gasteiger partial charge in [-0.15, -0.1) is 0 Å². The number of carbonyl (C=O) groups excluding carboxylic acids is 1. The summed E-state index contributed by atoms with van der Waals surface area (Å²) in [6.45, 7) is 0. The van der Waals surface area contributed by atoms with Gasteiger partial charge in [-0.2, -0.15) is 0 Å². The number of carbonyl (C=O) groups is 1. The summed E-state index contributed by atoms with van der Waals surface area (Å²) in [4.78, 5) is 11.6. The van der Waals surface area contributed by atoms with Crippen molar-refractivity contribution >= 4 is 5.78 Å². The standard InChI is InChI=1S/C12H20O/c13-12(11-7-8-11)9-10-5-3-1-2-4-6-10/h10-11H,1-9H2. The maximum absolute atomic E-state index is 11.6. The molecule has 74 valence electrons. The largest absolute Gasteiger partial charge is 0.299 e. The lowest BCUT2D eigenvalue weighted by Gasteiger charge is -2.11. The van der Waals surface area contributed by atoms with Crippen LogP contribution in [0.1, 0.15) is 57.8 Å². The van der Waals surface area contributed by atoms with Crippen molar-refractivity contribution in [2.24, 2.45) is 11.8 Å². The molecule has 0 aromatic rings. The van der Waals surface area contributed by atoms with Gasteiger partial charge in [0.15, 0.2) is 0 Å². The fraction of sp³-hybridized carbons (Fsp3) is 0.917. The third kappa shape index (κ3) is 2.82. The van der Waals surface area contributed by atoms with Gasteiger partial charge in [0.2, 0.25) is 0 Å². The molecule has 0 aliphatic heterocycles. The first kappa shape index (κ1) is 9.23. The average Bonchev–Trinajstić information content (AvgIpc) is 2.92. The normalized spacial score (nSPS) is 25.5. The summed E-state index contributed by atoms with van der Waals surface area (Å²) in [5.41, 5.74) is 0. The molecule has 2 saturated carbocycles. The minimum Gasteiger partial charge on any atom is -0.299 e. The van der Waals surface area contributed by atoms with Crippen molar-refractivity contribution in [2.75, 3.05) is 0 Å². The lowest BCUT2D eigenvalue weighted by atomic mass is 9.93. The molecule has 0 bridgehead atoms. The molecular formula is C12H20O. The molecule has 2 aliphatic carbocycles. The molecular weight excluding hydrogens is 160 g/mol. The van der Waals surface area contributed by atoms with E-state index in [0.29, 0.717) is 11.7 Å². The zero-order valence-corrected chi connectivity index (χ0v) is 8.43. The van der Waals surface area contributed by atoms with Gasteiger partial charge in [-0.25, -0.2) is 0 Å². The zero-order chi connectivity index (χ0) is 9.10. The smallest absolute Gasteiger partial charge is 0.136 e. The highest BCUT2D eigenvalue weighted by Crippen LogP contribution is 2.34. The first-order valence-corrected chi connectivity index (χ1v) is 5.89. The Kier molecular flexibility index (Phi) is 3.02. The molecule has 2 aliphatic rings. The molecule has 0 unspecified atom stereocenters. The second-order valence-corrected chi connectivity index (χ2v) is 4.80.